The van der Waals surface area contributed by atoms with Gasteiger partial charge in [0.2, 0.25) is 0 Å². The number of H-pyrrole nitrogens is 1. The molecule has 0 aromatic carbocycles. The lowest BCUT2D eigenvalue weighted by atomic mass is 9.97. The van der Waals surface area contributed by atoms with Crippen LogP contribution in [0.1, 0.15) is 23.7 Å². The molecule has 0 aliphatic carbocycles. The van der Waals surface area contributed by atoms with Gasteiger partial charge < -0.3 is 15.0 Å². The Hall–Kier alpha value is -1.62. The second-order valence-corrected chi connectivity index (χ2v) is 4.34. The van der Waals surface area contributed by atoms with Crippen LogP contribution >= 0.6 is 0 Å². The molecule has 0 saturated carbocycles. The second kappa shape index (κ2) is 5.14. The van der Waals surface area contributed by atoms with Gasteiger partial charge in [-0.25, -0.2) is 0 Å². The number of pyridine rings is 1. The topological polar surface area (TPSA) is 71.2 Å². The highest BCUT2D eigenvalue weighted by Crippen LogP contribution is 2.14. The molecule has 1 aromatic rings. The number of hydrogen-bond donors (Lipinski definition) is 2. The molecule has 1 fully saturated rings. The van der Waals surface area contributed by atoms with Crippen molar-refractivity contribution >= 4 is 5.91 Å². The van der Waals surface area contributed by atoms with Crippen molar-refractivity contribution in [1.29, 1.82) is 0 Å². The molecule has 92 valence electrons. The highest BCUT2D eigenvalue weighted by Gasteiger charge is 2.24. The zero-order valence-electron chi connectivity index (χ0n) is 9.73. The summed E-state index contributed by atoms with van der Waals surface area (Å²) in [5.74, 6) is -0.0407. The van der Waals surface area contributed by atoms with Crippen molar-refractivity contribution < 1.29 is 9.53 Å². The Balaban J connectivity index is 2.06. The zero-order chi connectivity index (χ0) is 12.3. The van der Waals surface area contributed by atoms with Crippen LogP contribution in [-0.2, 0) is 4.74 Å². The molecule has 0 bridgehead atoms. The highest BCUT2D eigenvalue weighted by atomic mass is 16.5. The standard InChI is InChI=1S/C12H16N2O3/c1-8-7-17-5-3-10(8)14-12(16)9-6-13-4-2-11(9)15/h2,4,6,8,10H,3,5,7H2,1H3,(H,13,15)(H,14,16). The Kier molecular flexibility index (Phi) is 3.58. The lowest BCUT2D eigenvalue weighted by molar-refractivity contribution is 0.0375. The first-order valence-corrected chi connectivity index (χ1v) is 5.74. The summed E-state index contributed by atoms with van der Waals surface area (Å²) in [6.07, 6.45) is 3.73. The van der Waals surface area contributed by atoms with E-state index in [1.165, 1.54) is 18.5 Å². The predicted octanol–water partition coefficient (Wildman–Crippen LogP) is 0.530. The Labute approximate surface area is 99.2 Å². The van der Waals surface area contributed by atoms with Crippen molar-refractivity contribution in [2.75, 3.05) is 13.2 Å². The van der Waals surface area contributed by atoms with Crippen LogP contribution in [0.15, 0.2) is 23.3 Å². The fourth-order valence-corrected chi connectivity index (χ4v) is 1.93. The molecule has 0 radical (unpaired) electrons. The summed E-state index contributed by atoms with van der Waals surface area (Å²) in [5, 5.41) is 2.89. The number of hydrogen-bond acceptors (Lipinski definition) is 3. The molecule has 17 heavy (non-hydrogen) atoms. The van der Waals surface area contributed by atoms with E-state index in [2.05, 4.69) is 10.3 Å². The lowest BCUT2D eigenvalue weighted by Crippen LogP contribution is -2.45. The van der Waals surface area contributed by atoms with Gasteiger partial charge in [0.05, 0.1) is 6.61 Å². The number of carbonyl (C=O) groups excluding carboxylic acids is 1. The van der Waals surface area contributed by atoms with Crippen LogP contribution < -0.4 is 10.7 Å². The molecule has 1 saturated heterocycles. The Bertz CT molecular complexity index is 455. The van der Waals surface area contributed by atoms with Crippen molar-refractivity contribution in [2.24, 2.45) is 5.92 Å². The minimum absolute atomic E-state index is 0.0795. The summed E-state index contributed by atoms with van der Waals surface area (Å²) < 4.78 is 5.30. The number of nitrogens with one attached hydrogen (secondary N) is 2. The van der Waals surface area contributed by atoms with Gasteiger partial charge in [-0.2, -0.15) is 0 Å². The third kappa shape index (κ3) is 2.74. The number of amides is 1. The normalized spacial score (nSPS) is 24.3. The maximum atomic E-state index is 11.9. The highest BCUT2D eigenvalue weighted by molar-refractivity contribution is 5.93. The molecule has 2 atom stereocenters. The maximum absolute atomic E-state index is 11.9. The second-order valence-electron chi connectivity index (χ2n) is 4.34. The largest absolute Gasteiger partial charge is 0.381 e. The summed E-state index contributed by atoms with van der Waals surface area (Å²) in [5.41, 5.74) is -0.104. The molecule has 1 amide bonds. The zero-order valence-corrected chi connectivity index (χ0v) is 9.73. The van der Waals surface area contributed by atoms with Crippen molar-refractivity contribution in [3.05, 3.63) is 34.2 Å². The fourth-order valence-electron chi connectivity index (χ4n) is 1.93. The van der Waals surface area contributed by atoms with Gasteiger partial charge >= 0.3 is 0 Å². The van der Waals surface area contributed by atoms with Crippen LogP contribution in [0.5, 0.6) is 0 Å². The molecule has 2 rings (SSSR count). The van der Waals surface area contributed by atoms with Gasteiger partial charge in [-0.05, 0) is 12.3 Å². The molecular formula is C12H16N2O3. The first-order chi connectivity index (χ1) is 8.18. The molecular weight excluding hydrogens is 220 g/mol. The lowest BCUT2D eigenvalue weighted by Gasteiger charge is -2.29. The van der Waals surface area contributed by atoms with Crippen LogP contribution in [-0.4, -0.2) is 30.1 Å². The van der Waals surface area contributed by atoms with E-state index in [-0.39, 0.29) is 28.9 Å². The van der Waals surface area contributed by atoms with Crippen molar-refractivity contribution in [3.8, 4) is 0 Å². The molecule has 2 unspecified atom stereocenters. The van der Waals surface area contributed by atoms with E-state index >= 15 is 0 Å². The Morgan fingerprint density at radius 1 is 1.59 bits per heavy atom. The van der Waals surface area contributed by atoms with E-state index in [1.807, 2.05) is 6.92 Å². The number of aromatic nitrogens is 1. The quantitative estimate of drug-likeness (QED) is 0.786. The number of aromatic amines is 1. The van der Waals surface area contributed by atoms with E-state index < -0.39 is 0 Å². The molecule has 1 aromatic heterocycles. The summed E-state index contributed by atoms with van der Waals surface area (Å²) in [6.45, 7) is 3.33. The molecule has 5 nitrogen and oxygen atoms in total. The van der Waals surface area contributed by atoms with Crippen molar-refractivity contribution in [1.82, 2.24) is 10.3 Å². The fraction of sp³-hybridized carbons (Fsp3) is 0.500. The summed E-state index contributed by atoms with van der Waals surface area (Å²) in [6, 6.07) is 1.43. The average molecular weight is 236 g/mol. The first-order valence-electron chi connectivity index (χ1n) is 5.74. The number of ether oxygens (including phenoxy) is 1. The minimum atomic E-state index is -0.314. The average Bonchev–Trinajstić information content (AvgIpc) is 2.32. The van der Waals surface area contributed by atoms with E-state index in [9.17, 15) is 9.59 Å². The van der Waals surface area contributed by atoms with Gasteiger partial charge in [0.25, 0.3) is 5.91 Å². The summed E-state index contributed by atoms with van der Waals surface area (Å²) in [7, 11) is 0. The van der Waals surface area contributed by atoms with E-state index in [4.69, 9.17) is 4.74 Å². The van der Waals surface area contributed by atoms with E-state index in [0.717, 1.165) is 6.42 Å². The summed E-state index contributed by atoms with van der Waals surface area (Å²) in [4.78, 5) is 26.1. The minimum Gasteiger partial charge on any atom is -0.381 e. The Morgan fingerprint density at radius 2 is 2.41 bits per heavy atom. The molecule has 1 aliphatic rings. The monoisotopic (exact) mass is 236 g/mol. The van der Waals surface area contributed by atoms with Gasteiger partial charge in [0, 0.05) is 31.1 Å². The van der Waals surface area contributed by atoms with E-state index in [1.54, 1.807) is 0 Å². The third-order valence-electron chi connectivity index (χ3n) is 3.03. The van der Waals surface area contributed by atoms with Gasteiger partial charge in [0.15, 0.2) is 5.43 Å². The number of carbonyl (C=O) groups is 1. The van der Waals surface area contributed by atoms with Gasteiger partial charge in [0.1, 0.15) is 5.56 Å². The van der Waals surface area contributed by atoms with Crippen LogP contribution in [0.2, 0.25) is 0 Å². The maximum Gasteiger partial charge on any atom is 0.256 e. The smallest absolute Gasteiger partial charge is 0.256 e. The number of rotatable bonds is 2. The van der Waals surface area contributed by atoms with Crippen molar-refractivity contribution in [3.63, 3.8) is 0 Å². The Morgan fingerprint density at radius 3 is 3.12 bits per heavy atom. The SMILES string of the molecule is CC1COCCC1NC(=O)c1c[nH]ccc1=O. The van der Waals surface area contributed by atoms with Crippen LogP contribution in [0.3, 0.4) is 0 Å². The van der Waals surface area contributed by atoms with Crippen LogP contribution in [0.25, 0.3) is 0 Å². The van der Waals surface area contributed by atoms with Gasteiger partial charge in [-0.3, -0.25) is 9.59 Å². The third-order valence-corrected chi connectivity index (χ3v) is 3.03. The molecule has 2 heterocycles. The van der Waals surface area contributed by atoms with Gasteiger partial charge in [-0.15, -0.1) is 0 Å². The van der Waals surface area contributed by atoms with Gasteiger partial charge in [-0.1, -0.05) is 6.92 Å². The van der Waals surface area contributed by atoms with Crippen LogP contribution in [0, 0.1) is 5.92 Å². The predicted molar refractivity (Wildman–Crippen MR) is 62.9 cm³/mol. The van der Waals surface area contributed by atoms with E-state index in [0.29, 0.717) is 13.2 Å². The van der Waals surface area contributed by atoms with Crippen molar-refractivity contribution in [2.45, 2.75) is 19.4 Å². The first kappa shape index (κ1) is 11.9. The molecule has 1 aliphatic heterocycles. The molecule has 5 heteroatoms. The van der Waals surface area contributed by atoms with Crippen LogP contribution in [0.4, 0.5) is 0 Å². The summed E-state index contributed by atoms with van der Waals surface area (Å²) >= 11 is 0. The molecule has 2 N–H and O–H groups in total. The molecule has 0 spiro atoms.